The van der Waals surface area contributed by atoms with Gasteiger partial charge in [0.25, 0.3) is 0 Å². The lowest BCUT2D eigenvalue weighted by atomic mass is 10.1. The van der Waals surface area contributed by atoms with Gasteiger partial charge in [-0.3, -0.25) is 13.9 Å². The second-order valence-electron chi connectivity index (χ2n) is 7.06. The molecule has 0 atom stereocenters. The third-order valence-electron chi connectivity index (χ3n) is 4.90. The largest absolute Gasteiger partial charge is 0.339 e. The van der Waals surface area contributed by atoms with Crippen molar-refractivity contribution in [3.63, 3.8) is 0 Å². The number of para-hydroxylation sites is 3. The second kappa shape index (κ2) is 8.36. The van der Waals surface area contributed by atoms with Crippen LogP contribution in [0.25, 0.3) is 22.4 Å². The molecular formula is C22H23N5O3. The van der Waals surface area contributed by atoms with Crippen molar-refractivity contribution in [3.8, 4) is 11.4 Å². The molecule has 0 spiro atoms. The van der Waals surface area contributed by atoms with Gasteiger partial charge in [0.15, 0.2) is 0 Å². The molecule has 30 heavy (non-hydrogen) atoms. The van der Waals surface area contributed by atoms with E-state index in [0.29, 0.717) is 36.1 Å². The molecule has 2 aromatic heterocycles. The maximum atomic E-state index is 12.9. The summed E-state index contributed by atoms with van der Waals surface area (Å²) < 4.78 is 8.48. The number of carbonyl (C=O) groups is 1. The summed E-state index contributed by atoms with van der Waals surface area (Å²) in [5.41, 5.74) is 2.92. The predicted molar refractivity (Wildman–Crippen MR) is 114 cm³/mol. The maximum Gasteiger partial charge on any atom is 0.329 e. The Morgan fingerprint density at radius 3 is 2.37 bits per heavy atom. The van der Waals surface area contributed by atoms with Gasteiger partial charge in [-0.2, -0.15) is 4.98 Å². The molecule has 1 N–H and O–H groups in total. The molecule has 1 amide bonds. The van der Waals surface area contributed by atoms with Crippen molar-refractivity contribution in [3.05, 3.63) is 64.9 Å². The molecule has 0 aliphatic rings. The number of fused-ring (bicyclic) bond motifs is 1. The first-order chi connectivity index (χ1) is 14.6. The van der Waals surface area contributed by atoms with Crippen LogP contribution in [0, 0.1) is 6.92 Å². The molecule has 8 nitrogen and oxygen atoms in total. The average molecular weight is 405 g/mol. The minimum Gasteiger partial charge on any atom is -0.339 e. The molecule has 8 heteroatoms. The lowest BCUT2D eigenvalue weighted by Gasteiger charge is -2.09. The number of aromatic nitrogens is 4. The number of hydrogen-bond acceptors (Lipinski definition) is 5. The summed E-state index contributed by atoms with van der Waals surface area (Å²) in [6.07, 6.45) is 1.03. The van der Waals surface area contributed by atoms with Gasteiger partial charge in [0.05, 0.1) is 16.7 Å². The molecule has 4 aromatic rings. The summed E-state index contributed by atoms with van der Waals surface area (Å²) in [5, 5.41) is 6.83. The van der Waals surface area contributed by atoms with E-state index in [2.05, 4.69) is 15.5 Å². The standard InChI is InChI=1S/C22H23N5O3/c1-3-13-26-18-10-6-7-11-19(18)27(22(26)29)14-12-20(28)24-17-9-5-4-8-16(17)21-23-15(2)30-25-21/h4-11H,3,12-14H2,1-2H3,(H,24,28). The molecule has 2 aromatic carbocycles. The third-order valence-corrected chi connectivity index (χ3v) is 4.90. The van der Waals surface area contributed by atoms with Crippen molar-refractivity contribution in [1.29, 1.82) is 0 Å². The molecule has 0 aliphatic heterocycles. The number of nitrogens with one attached hydrogen (secondary N) is 1. The van der Waals surface area contributed by atoms with Crippen LogP contribution in [0.4, 0.5) is 5.69 Å². The lowest BCUT2D eigenvalue weighted by molar-refractivity contribution is -0.116. The van der Waals surface area contributed by atoms with E-state index in [1.54, 1.807) is 22.1 Å². The molecule has 4 rings (SSSR count). The number of carbonyl (C=O) groups excluding carboxylic acids is 1. The molecule has 0 unspecified atom stereocenters. The van der Waals surface area contributed by atoms with Crippen LogP contribution in [-0.4, -0.2) is 25.2 Å². The van der Waals surface area contributed by atoms with E-state index in [9.17, 15) is 9.59 Å². The van der Waals surface area contributed by atoms with Crippen LogP contribution < -0.4 is 11.0 Å². The van der Waals surface area contributed by atoms with Gasteiger partial charge in [-0.1, -0.05) is 36.3 Å². The number of anilines is 1. The smallest absolute Gasteiger partial charge is 0.329 e. The van der Waals surface area contributed by atoms with E-state index in [1.165, 1.54) is 0 Å². The Morgan fingerprint density at radius 1 is 1.03 bits per heavy atom. The second-order valence-corrected chi connectivity index (χ2v) is 7.06. The van der Waals surface area contributed by atoms with Gasteiger partial charge in [0.1, 0.15) is 0 Å². The fourth-order valence-corrected chi connectivity index (χ4v) is 3.55. The Kier molecular flexibility index (Phi) is 5.47. The van der Waals surface area contributed by atoms with Crippen molar-refractivity contribution in [2.45, 2.75) is 39.8 Å². The maximum absolute atomic E-state index is 12.9. The van der Waals surface area contributed by atoms with E-state index in [-0.39, 0.29) is 18.0 Å². The Labute approximate surface area is 173 Å². The highest BCUT2D eigenvalue weighted by Gasteiger charge is 2.15. The van der Waals surface area contributed by atoms with E-state index in [1.807, 2.05) is 49.4 Å². The number of nitrogens with zero attached hydrogens (tertiary/aromatic N) is 4. The highest BCUT2D eigenvalue weighted by Crippen LogP contribution is 2.25. The van der Waals surface area contributed by atoms with Gasteiger partial charge in [-0.05, 0) is 30.7 Å². The summed E-state index contributed by atoms with van der Waals surface area (Å²) in [4.78, 5) is 29.7. The van der Waals surface area contributed by atoms with Crippen LogP contribution >= 0.6 is 0 Å². The van der Waals surface area contributed by atoms with Crippen molar-refractivity contribution in [2.24, 2.45) is 0 Å². The minimum absolute atomic E-state index is 0.0893. The number of rotatable bonds is 7. The summed E-state index contributed by atoms with van der Waals surface area (Å²) >= 11 is 0. The number of imidazole rings is 1. The quantitative estimate of drug-likeness (QED) is 0.507. The fraction of sp³-hybridized carbons (Fsp3) is 0.273. The van der Waals surface area contributed by atoms with Gasteiger partial charge < -0.3 is 9.84 Å². The molecule has 0 fully saturated rings. The average Bonchev–Trinajstić information content (AvgIpc) is 3.29. The fourth-order valence-electron chi connectivity index (χ4n) is 3.55. The van der Waals surface area contributed by atoms with E-state index < -0.39 is 0 Å². The van der Waals surface area contributed by atoms with E-state index in [0.717, 1.165) is 17.5 Å². The zero-order valence-electron chi connectivity index (χ0n) is 17.0. The molecule has 0 saturated heterocycles. The summed E-state index contributed by atoms with van der Waals surface area (Å²) in [6.45, 7) is 4.69. The van der Waals surface area contributed by atoms with Crippen LogP contribution in [0.2, 0.25) is 0 Å². The number of benzene rings is 2. The molecule has 0 aliphatic carbocycles. The molecular weight excluding hydrogens is 382 g/mol. The van der Waals surface area contributed by atoms with Crippen molar-refractivity contribution in [2.75, 3.05) is 5.32 Å². The van der Waals surface area contributed by atoms with Crippen LogP contribution in [0.1, 0.15) is 25.7 Å². The number of aryl methyl sites for hydroxylation is 3. The van der Waals surface area contributed by atoms with Gasteiger partial charge in [-0.25, -0.2) is 4.79 Å². The third kappa shape index (κ3) is 3.76. The molecule has 154 valence electrons. The lowest BCUT2D eigenvalue weighted by Crippen LogP contribution is -2.26. The number of hydrogen-bond donors (Lipinski definition) is 1. The molecule has 0 saturated carbocycles. The first kappa shape index (κ1) is 19.6. The minimum atomic E-state index is -0.193. The Balaban J connectivity index is 1.53. The van der Waals surface area contributed by atoms with Crippen LogP contribution in [-0.2, 0) is 17.9 Å². The Morgan fingerprint density at radius 2 is 1.70 bits per heavy atom. The van der Waals surface area contributed by atoms with E-state index >= 15 is 0 Å². The summed E-state index contributed by atoms with van der Waals surface area (Å²) in [5.74, 6) is 0.679. The van der Waals surface area contributed by atoms with Gasteiger partial charge in [-0.15, -0.1) is 0 Å². The summed E-state index contributed by atoms with van der Waals surface area (Å²) in [7, 11) is 0. The van der Waals surface area contributed by atoms with Crippen molar-refractivity contribution in [1.82, 2.24) is 19.3 Å². The number of amides is 1. The predicted octanol–water partition coefficient (Wildman–Crippen LogP) is 3.60. The van der Waals surface area contributed by atoms with Crippen molar-refractivity contribution < 1.29 is 9.32 Å². The highest BCUT2D eigenvalue weighted by atomic mass is 16.5. The van der Waals surface area contributed by atoms with Crippen LogP contribution in [0.15, 0.2) is 57.8 Å². The van der Waals surface area contributed by atoms with Gasteiger partial charge in [0, 0.05) is 32.0 Å². The van der Waals surface area contributed by atoms with Crippen LogP contribution in [0.5, 0.6) is 0 Å². The normalized spacial score (nSPS) is 11.1. The van der Waals surface area contributed by atoms with Crippen LogP contribution in [0.3, 0.4) is 0 Å². The highest BCUT2D eigenvalue weighted by molar-refractivity contribution is 5.94. The SMILES string of the molecule is CCCn1c(=O)n(CCC(=O)Nc2ccccc2-c2noc(C)n2)c2ccccc21. The summed E-state index contributed by atoms with van der Waals surface area (Å²) in [6, 6.07) is 15.0. The topological polar surface area (TPSA) is 95.0 Å². The molecule has 0 radical (unpaired) electrons. The monoisotopic (exact) mass is 405 g/mol. The molecule has 2 heterocycles. The van der Waals surface area contributed by atoms with Gasteiger partial charge >= 0.3 is 5.69 Å². The zero-order valence-corrected chi connectivity index (χ0v) is 17.0. The molecule has 0 bridgehead atoms. The Bertz CT molecular complexity index is 1250. The van der Waals surface area contributed by atoms with Gasteiger partial charge in [0.2, 0.25) is 17.6 Å². The first-order valence-electron chi connectivity index (χ1n) is 9.96. The van der Waals surface area contributed by atoms with Crippen molar-refractivity contribution >= 4 is 22.6 Å². The first-order valence-corrected chi connectivity index (χ1v) is 9.96. The van der Waals surface area contributed by atoms with E-state index in [4.69, 9.17) is 4.52 Å². The Hall–Kier alpha value is -3.68. The zero-order chi connectivity index (χ0) is 21.1.